The molecule has 0 saturated heterocycles. The van der Waals surface area contributed by atoms with E-state index in [1.165, 1.54) is 18.2 Å². The van der Waals surface area contributed by atoms with Gasteiger partial charge in [0.1, 0.15) is 11.4 Å². The molecule has 3 aromatic rings. The smallest absolute Gasteiger partial charge is 0.340 e. The molecule has 180 valence electrons. The van der Waals surface area contributed by atoms with E-state index in [2.05, 4.69) is 11.6 Å². The van der Waals surface area contributed by atoms with Gasteiger partial charge in [-0.05, 0) is 35.9 Å². The van der Waals surface area contributed by atoms with Crippen LogP contribution in [-0.4, -0.2) is 69.3 Å². The first-order valence-electron chi connectivity index (χ1n) is 9.85. The van der Waals surface area contributed by atoms with Crippen LogP contribution in [0.25, 0.3) is 28.0 Å². The lowest BCUT2D eigenvalue weighted by Crippen LogP contribution is -2.43. The molecule has 1 aromatic carbocycles. The molecule has 13 heteroatoms. The molecule has 0 fully saturated rings. The average Bonchev–Trinajstić information content (AvgIpc) is 3.08. The molecule has 0 saturated carbocycles. The fraction of sp³-hybridized carbons (Fsp3) is 0.238. The first-order valence-corrected chi connectivity index (χ1v) is 13.5. The maximum Gasteiger partial charge on any atom is 0.340 e. The fourth-order valence-electron chi connectivity index (χ4n) is 3.77. The van der Waals surface area contributed by atoms with Gasteiger partial charge in [-0.3, -0.25) is 4.31 Å². The molecule has 1 aliphatic heterocycles. The second-order valence-corrected chi connectivity index (χ2v) is 11.8. The Morgan fingerprint density at radius 2 is 1.76 bits per heavy atom. The number of sulfonamides is 2. The normalized spacial score (nSPS) is 15.7. The van der Waals surface area contributed by atoms with E-state index in [9.17, 15) is 31.1 Å². The topological polar surface area (TPSA) is 138 Å². The lowest BCUT2D eigenvalue weighted by atomic mass is 10.0. The molecule has 1 aliphatic rings. The second-order valence-electron chi connectivity index (χ2n) is 7.87. The minimum Gasteiger partial charge on any atom is -0.478 e. The molecule has 0 unspecified atom stereocenters. The first kappa shape index (κ1) is 23.9. The third kappa shape index (κ3) is 4.29. The van der Waals surface area contributed by atoms with E-state index >= 15 is 0 Å². The predicted octanol–water partition coefficient (Wildman–Crippen LogP) is 2.39. The van der Waals surface area contributed by atoms with Gasteiger partial charge in [0, 0.05) is 30.8 Å². The Morgan fingerprint density at radius 3 is 2.32 bits per heavy atom. The number of carbonyl (C=O) groups is 1. The molecule has 10 nitrogen and oxygen atoms in total. The van der Waals surface area contributed by atoms with E-state index in [4.69, 9.17) is 4.42 Å². The number of fused-ring (bicyclic) bond motifs is 2. The van der Waals surface area contributed by atoms with E-state index in [0.717, 1.165) is 33.3 Å². The molecule has 0 bridgehead atoms. The maximum atomic E-state index is 13.4. The number of hydrogen-bond acceptors (Lipinski definition) is 7. The first-order chi connectivity index (χ1) is 15.8. The van der Waals surface area contributed by atoms with Gasteiger partial charge < -0.3 is 9.52 Å². The minimum atomic E-state index is -3.91. The Hall–Kier alpha value is -3.29. The number of carboxylic acid groups (broad SMARTS) is 1. The molecule has 4 rings (SSSR count). The summed E-state index contributed by atoms with van der Waals surface area (Å²) in [7, 11) is -7.59. The number of aromatic nitrogens is 1. The Bertz CT molecular complexity index is 1550. The van der Waals surface area contributed by atoms with E-state index in [0.29, 0.717) is 0 Å². The quantitative estimate of drug-likeness (QED) is 0.566. The van der Waals surface area contributed by atoms with Crippen LogP contribution >= 0.6 is 0 Å². The highest BCUT2D eigenvalue weighted by molar-refractivity contribution is 7.92. The van der Waals surface area contributed by atoms with E-state index in [1.54, 1.807) is 0 Å². The molecule has 34 heavy (non-hydrogen) atoms. The zero-order valence-corrected chi connectivity index (χ0v) is 19.8. The second kappa shape index (κ2) is 8.18. The van der Waals surface area contributed by atoms with Crippen LogP contribution in [0, 0.1) is 5.82 Å². The van der Waals surface area contributed by atoms with Crippen LogP contribution in [0.5, 0.6) is 0 Å². The summed E-state index contributed by atoms with van der Waals surface area (Å²) < 4.78 is 70.6. The van der Waals surface area contributed by atoms with E-state index in [1.807, 2.05) is 0 Å². The van der Waals surface area contributed by atoms with Crippen molar-refractivity contribution in [2.24, 2.45) is 0 Å². The van der Waals surface area contributed by atoms with Crippen molar-refractivity contribution in [1.82, 2.24) is 9.29 Å². The van der Waals surface area contributed by atoms with Crippen molar-refractivity contribution in [2.75, 3.05) is 36.5 Å². The highest BCUT2D eigenvalue weighted by Crippen LogP contribution is 2.38. The summed E-state index contributed by atoms with van der Waals surface area (Å²) in [6, 6.07) is 6.37. The Kier molecular flexibility index (Phi) is 5.74. The summed E-state index contributed by atoms with van der Waals surface area (Å²) in [6.07, 6.45) is 1.95. The number of carboxylic acids is 1. The molecule has 0 atom stereocenters. The van der Waals surface area contributed by atoms with Crippen LogP contribution in [0.1, 0.15) is 15.9 Å². The van der Waals surface area contributed by atoms with E-state index < -0.39 is 31.8 Å². The van der Waals surface area contributed by atoms with Crippen molar-refractivity contribution in [3.8, 4) is 11.3 Å². The number of pyridine rings is 1. The molecule has 0 radical (unpaired) electrons. The summed E-state index contributed by atoms with van der Waals surface area (Å²) in [5.74, 6) is -1.99. The third-order valence-electron chi connectivity index (χ3n) is 5.39. The van der Waals surface area contributed by atoms with Crippen molar-refractivity contribution >= 4 is 48.5 Å². The van der Waals surface area contributed by atoms with Crippen LogP contribution in [0.2, 0.25) is 0 Å². The molecule has 3 heterocycles. The minimum absolute atomic E-state index is 0.0514. The number of nitrogens with zero attached hydrogens (tertiary/aromatic N) is 3. The molecule has 0 aliphatic carbocycles. The van der Waals surface area contributed by atoms with Crippen molar-refractivity contribution < 1.29 is 35.5 Å². The standard InChI is InChI=1S/C21H20FN3O7S2/c1-12-11-24(33(2,28)29)8-9-25(34(3,30)31)19-15(12)10-16-17(21(26)27)18(32-20(16)23-19)13-4-6-14(22)7-5-13/h4-7,10H,1,8-9,11H2,2-3H3,(H,26,27). The Morgan fingerprint density at radius 1 is 1.12 bits per heavy atom. The van der Waals surface area contributed by atoms with Crippen LogP contribution in [0.3, 0.4) is 0 Å². The average molecular weight is 510 g/mol. The summed E-state index contributed by atoms with van der Waals surface area (Å²) in [5.41, 5.74) is 0.283. The largest absolute Gasteiger partial charge is 0.478 e. The molecule has 2 aromatic heterocycles. The number of aromatic carboxylic acids is 1. The number of halogens is 1. The van der Waals surface area contributed by atoms with Crippen LogP contribution in [0.15, 0.2) is 41.3 Å². The van der Waals surface area contributed by atoms with Gasteiger partial charge in [0.05, 0.1) is 17.9 Å². The van der Waals surface area contributed by atoms with Gasteiger partial charge in [0.25, 0.3) is 0 Å². The Balaban J connectivity index is 2.01. The molecule has 0 amide bonds. The number of hydrogen-bond donors (Lipinski definition) is 1. The van der Waals surface area contributed by atoms with E-state index in [-0.39, 0.29) is 64.6 Å². The fourth-order valence-corrected chi connectivity index (χ4v) is 5.44. The molecule has 1 N–H and O–H groups in total. The van der Waals surface area contributed by atoms with Crippen LogP contribution in [0.4, 0.5) is 10.2 Å². The lowest BCUT2D eigenvalue weighted by molar-refractivity contribution is 0.0699. The number of furan rings is 1. The van der Waals surface area contributed by atoms with Crippen molar-refractivity contribution in [3.05, 3.63) is 53.9 Å². The maximum absolute atomic E-state index is 13.4. The summed E-state index contributed by atoms with van der Waals surface area (Å²) in [5, 5.41) is 9.95. The van der Waals surface area contributed by atoms with Gasteiger partial charge in [0.2, 0.25) is 25.8 Å². The van der Waals surface area contributed by atoms with Crippen molar-refractivity contribution in [2.45, 2.75) is 0 Å². The van der Waals surface area contributed by atoms with Gasteiger partial charge >= 0.3 is 5.97 Å². The lowest BCUT2D eigenvalue weighted by Gasteiger charge is -2.31. The Labute approximate surface area is 195 Å². The zero-order chi connectivity index (χ0) is 25.0. The number of benzene rings is 1. The highest BCUT2D eigenvalue weighted by atomic mass is 32.2. The number of rotatable bonds is 4. The summed E-state index contributed by atoms with van der Waals surface area (Å²) in [4.78, 5) is 16.5. The third-order valence-corrected chi connectivity index (χ3v) is 7.79. The molecular formula is C21H20FN3O7S2. The van der Waals surface area contributed by atoms with Crippen LogP contribution in [-0.2, 0) is 20.0 Å². The van der Waals surface area contributed by atoms with Gasteiger partial charge in [0.15, 0.2) is 11.6 Å². The van der Waals surface area contributed by atoms with Crippen molar-refractivity contribution in [1.29, 1.82) is 0 Å². The number of anilines is 1. The SMILES string of the molecule is C=C1CN(S(C)(=O)=O)CCN(S(C)(=O)=O)c2nc3oc(-c4ccc(F)cc4)c(C(=O)O)c3cc21. The van der Waals surface area contributed by atoms with Crippen LogP contribution < -0.4 is 4.31 Å². The molecule has 0 spiro atoms. The van der Waals surface area contributed by atoms with Gasteiger partial charge in [-0.25, -0.2) is 26.0 Å². The zero-order valence-electron chi connectivity index (χ0n) is 18.1. The van der Waals surface area contributed by atoms with Gasteiger partial charge in [-0.2, -0.15) is 9.29 Å². The highest BCUT2D eigenvalue weighted by Gasteiger charge is 2.32. The van der Waals surface area contributed by atoms with Gasteiger partial charge in [-0.1, -0.05) is 6.58 Å². The monoisotopic (exact) mass is 509 g/mol. The summed E-state index contributed by atoms with van der Waals surface area (Å²) in [6.45, 7) is 3.41. The molecular weight excluding hydrogens is 489 g/mol. The van der Waals surface area contributed by atoms with Gasteiger partial charge in [-0.15, -0.1) is 0 Å². The van der Waals surface area contributed by atoms with Crippen molar-refractivity contribution in [3.63, 3.8) is 0 Å². The predicted molar refractivity (Wildman–Crippen MR) is 124 cm³/mol. The summed E-state index contributed by atoms with van der Waals surface area (Å²) >= 11 is 0.